The number of ether oxygens (including phenoxy) is 1. The molecule has 3 N–H and O–H groups in total. The fourth-order valence-corrected chi connectivity index (χ4v) is 1.82. The van der Waals surface area contributed by atoms with Crippen molar-refractivity contribution in [2.45, 2.75) is 25.1 Å². The Bertz CT molecular complexity index is 442. The third-order valence-corrected chi connectivity index (χ3v) is 2.88. The minimum atomic E-state index is -4.47. The molecule has 0 aromatic carbocycles. The van der Waals surface area contributed by atoms with Crippen molar-refractivity contribution in [3.8, 4) is 0 Å². The Balaban J connectivity index is 2.27. The van der Waals surface area contributed by atoms with Gasteiger partial charge in [0.25, 0.3) is 0 Å². The first-order chi connectivity index (χ1) is 8.30. The minimum absolute atomic E-state index is 0.191. The first-order valence-corrected chi connectivity index (χ1v) is 5.49. The number of hydrogen-bond donors (Lipinski definition) is 2. The SMILES string of the molecule is CC1(Nc2cc(C(F)(F)F)ncc2N)CCOC1. The Morgan fingerprint density at radius 3 is 2.78 bits per heavy atom. The molecule has 0 saturated carbocycles. The summed E-state index contributed by atoms with van der Waals surface area (Å²) in [6, 6.07) is 0.929. The Morgan fingerprint density at radius 2 is 2.22 bits per heavy atom. The van der Waals surface area contributed by atoms with Crippen LogP contribution in [0.25, 0.3) is 0 Å². The summed E-state index contributed by atoms with van der Waals surface area (Å²) in [6.45, 7) is 2.91. The van der Waals surface area contributed by atoms with Crippen molar-refractivity contribution >= 4 is 11.4 Å². The van der Waals surface area contributed by atoms with Crippen LogP contribution >= 0.6 is 0 Å². The highest BCUT2D eigenvalue weighted by molar-refractivity contribution is 5.66. The molecule has 1 atom stereocenters. The van der Waals surface area contributed by atoms with Crippen molar-refractivity contribution in [2.24, 2.45) is 0 Å². The standard InChI is InChI=1S/C11H14F3N3O/c1-10(2-3-18-6-10)17-8-4-9(11(12,13)14)16-5-7(8)15/h4-5H,2-3,6,15H2,1H3,(H,16,17). The number of pyridine rings is 1. The molecule has 2 rings (SSSR count). The number of anilines is 2. The molecule has 100 valence electrons. The number of nitrogens with two attached hydrogens (primary N) is 1. The molecule has 1 aromatic rings. The van der Waals surface area contributed by atoms with E-state index in [0.29, 0.717) is 13.2 Å². The Morgan fingerprint density at radius 1 is 1.50 bits per heavy atom. The van der Waals surface area contributed by atoms with Gasteiger partial charge in [-0.3, -0.25) is 0 Å². The molecule has 0 bridgehead atoms. The summed E-state index contributed by atoms with van der Waals surface area (Å²) in [4.78, 5) is 3.29. The molecule has 1 aromatic heterocycles. The van der Waals surface area contributed by atoms with Crippen molar-refractivity contribution in [1.82, 2.24) is 4.98 Å². The zero-order valence-electron chi connectivity index (χ0n) is 9.84. The maximum absolute atomic E-state index is 12.6. The van der Waals surface area contributed by atoms with Crippen LogP contribution in [0.15, 0.2) is 12.3 Å². The first-order valence-electron chi connectivity index (χ1n) is 5.49. The zero-order chi connectivity index (χ0) is 13.4. The lowest BCUT2D eigenvalue weighted by atomic mass is 10.0. The van der Waals surface area contributed by atoms with Crippen molar-refractivity contribution in [3.05, 3.63) is 18.0 Å². The quantitative estimate of drug-likeness (QED) is 0.857. The van der Waals surface area contributed by atoms with Crippen LogP contribution < -0.4 is 11.1 Å². The molecule has 2 heterocycles. The topological polar surface area (TPSA) is 60.2 Å². The lowest BCUT2D eigenvalue weighted by Crippen LogP contribution is -2.35. The number of aromatic nitrogens is 1. The van der Waals surface area contributed by atoms with Gasteiger partial charge in [0.1, 0.15) is 5.69 Å². The molecular weight excluding hydrogens is 247 g/mol. The number of rotatable bonds is 2. The van der Waals surface area contributed by atoms with Crippen LogP contribution in [0.5, 0.6) is 0 Å². The van der Waals surface area contributed by atoms with Crippen molar-refractivity contribution in [1.29, 1.82) is 0 Å². The number of nitrogen functional groups attached to an aromatic ring is 1. The largest absolute Gasteiger partial charge is 0.433 e. The number of hydrogen-bond acceptors (Lipinski definition) is 4. The van der Waals surface area contributed by atoms with E-state index in [1.165, 1.54) is 0 Å². The third kappa shape index (κ3) is 2.66. The van der Waals surface area contributed by atoms with Gasteiger partial charge >= 0.3 is 6.18 Å². The highest BCUT2D eigenvalue weighted by atomic mass is 19.4. The Kier molecular flexibility index (Phi) is 3.10. The van der Waals surface area contributed by atoms with Crippen molar-refractivity contribution in [2.75, 3.05) is 24.3 Å². The van der Waals surface area contributed by atoms with Crippen LogP contribution in [0.2, 0.25) is 0 Å². The number of nitrogens with zero attached hydrogens (tertiary/aromatic N) is 1. The maximum atomic E-state index is 12.6. The molecule has 1 fully saturated rings. The van der Waals surface area contributed by atoms with Gasteiger partial charge in [-0.05, 0) is 19.4 Å². The molecule has 4 nitrogen and oxygen atoms in total. The third-order valence-electron chi connectivity index (χ3n) is 2.88. The second-order valence-corrected chi connectivity index (χ2v) is 4.64. The highest BCUT2D eigenvalue weighted by Crippen LogP contribution is 2.33. The molecule has 1 saturated heterocycles. The van der Waals surface area contributed by atoms with Crippen LogP contribution in [0.1, 0.15) is 19.0 Å². The molecule has 1 aliphatic heterocycles. The van der Waals surface area contributed by atoms with Crippen LogP contribution in [-0.4, -0.2) is 23.7 Å². The average Bonchev–Trinajstić information content (AvgIpc) is 2.67. The fourth-order valence-electron chi connectivity index (χ4n) is 1.82. The second-order valence-electron chi connectivity index (χ2n) is 4.64. The van der Waals surface area contributed by atoms with Gasteiger partial charge in [-0.2, -0.15) is 13.2 Å². The monoisotopic (exact) mass is 261 g/mol. The Labute approximate surface area is 102 Å². The zero-order valence-corrected chi connectivity index (χ0v) is 9.84. The van der Waals surface area contributed by atoms with E-state index in [-0.39, 0.29) is 11.4 Å². The molecule has 0 radical (unpaired) electrons. The van der Waals surface area contributed by atoms with Crippen LogP contribution in [0.3, 0.4) is 0 Å². The highest BCUT2D eigenvalue weighted by Gasteiger charge is 2.34. The lowest BCUT2D eigenvalue weighted by Gasteiger charge is -2.26. The van der Waals surface area contributed by atoms with E-state index in [0.717, 1.165) is 18.7 Å². The smallest absolute Gasteiger partial charge is 0.396 e. The van der Waals surface area contributed by atoms with Crippen LogP contribution in [0, 0.1) is 0 Å². The summed E-state index contributed by atoms with van der Waals surface area (Å²) < 4.78 is 42.9. The predicted octanol–water partition coefficient (Wildman–Crippen LogP) is 2.27. The molecule has 7 heteroatoms. The summed E-state index contributed by atoms with van der Waals surface area (Å²) in [6.07, 6.45) is -2.74. The summed E-state index contributed by atoms with van der Waals surface area (Å²) in [5, 5.41) is 3.01. The van der Waals surface area contributed by atoms with E-state index in [9.17, 15) is 13.2 Å². The van der Waals surface area contributed by atoms with Gasteiger partial charge in [-0.15, -0.1) is 0 Å². The van der Waals surface area contributed by atoms with E-state index in [1.807, 2.05) is 6.92 Å². The van der Waals surface area contributed by atoms with Gasteiger partial charge in [-0.1, -0.05) is 0 Å². The van der Waals surface area contributed by atoms with Gasteiger partial charge in [0.05, 0.1) is 29.7 Å². The lowest BCUT2D eigenvalue weighted by molar-refractivity contribution is -0.141. The molecule has 0 aliphatic carbocycles. The van der Waals surface area contributed by atoms with Crippen LogP contribution in [-0.2, 0) is 10.9 Å². The molecule has 18 heavy (non-hydrogen) atoms. The molecule has 0 amide bonds. The van der Waals surface area contributed by atoms with E-state index in [2.05, 4.69) is 10.3 Å². The molecule has 1 aliphatic rings. The first kappa shape index (κ1) is 12.9. The van der Waals surface area contributed by atoms with Crippen molar-refractivity contribution < 1.29 is 17.9 Å². The van der Waals surface area contributed by atoms with Gasteiger partial charge in [-0.25, -0.2) is 4.98 Å². The van der Waals surface area contributed by atoms with E-state index < -0.39 is 17.4 Å². The van der Waals surface area contributed by atoms with Gasteiger partial charge in [0, 0.05) is 6.61 Å². The summed E-state index contributed by atoms with van der Waals surface area (Å²) >= 11 is 0. The average molecular weight is 261 g/mol. The fraction of sp³-hybridized carbons (Fsp3) is 0.545. The van der Waals surface area contributed by atoms with Crippen molar-refractivity contribution in [3.63, 3.8) is 0 Å². The molecule has 0 spiro atoms. The summed E-state index contributed by atoms with van der Waals surface area (Å²) in [5.41, 5.74) is 4.72. The van der Waals surface area contributed by atoms with E-state index in [4.69, 9.17) is 10.5 Å². The number of alkyl halides is 3. The summed E-state index contributed by atoms with van der Waals surface area (Å²) in [5.74, 6) is 0. The normalized spacial score (nSPS) is 24.2. The van der Waals surface area contributed by atoms with E-state index in [1.54, 1.807) is 0 Å². The number of halogens is 3. The predicted molar refractivity (Wildman–Crippen MR) is 61.1 cm³/mol. The maximum Gasteiger partial charge on any atom is 0.433 e. The second kappa shape index (κ2) is 4.31. The number of nitrogens with one attached hydrogen (secondary N) is 1. The van der Waals surface area contributed by atoms with Crippen LogP contribution in [0.4, 0.5) is 24.5 Å². The summed E-state index contributed by atoms with van der Waals surface area (Å²) in [7, 11) is 0. The van der Waals surface area contributed by atoms with Gasteiger partial charge in [0.15, 0.2) is 0 Å². The van der Waals surface area contributed by atoms with Gasteiger partial charge in [0.2, 0.25) is 0 Å². The van der Waals surface area contributed by atoms with E-state index >= 15 is 0 Å². The molecule has 1 unspecified atom stereocenters. The van der Waals surface area contributed by atoms with Gasteiger partial charge < -0.3 is 15.8 Å². The minimum Gasteiger partial charge on any atom is -0.396 e. The Hall–Kier alpha value is -1.50. The molecular formula is C11H14F3N3O.